The van der Waals surface area contributed by atoms with Crippen LogP contribution < -0.4 is 4.74 Å². The molecular weight excluding hydrogens is 420 g/mol. The molecule has 1 saturated carbocycles. The second-order valence-corrected chi connectivity index (χ2v) is 9.09. The number of unbranched alkanes of at least 4 members (excludes halogenated alkanes) is 1. The van der Waals surface area contributed by atoms with Crippen LogP contribution in [0.3, 0.4) is 0 Å². The molecule has 0 saturated heterocycles. The minimum absolute atomic E-state index is 0.0886. The number of allylic oxidation sites excluding steroid dienone is 2. The van der Waals surface area contributed by atoms with Crippen molar-refractivity contribution < 1.29 is 29.6 Å². The number of carbonyl (C=O) groups excluding carboxylic acids is 1. The van der Waals surface area contributed by atoms with E-state index in [1.165, 1.54) is 0 Å². The van der Waals surface area contributed by atoms with Gasteiger partial charge in [-0.25, -0.2) is 0 Å². The maximum absolute atomic E-state index is 11.6. The highest BCUT2D eigenvalue weighted by molar-refractivity contribution is 5.69. The van der Waals surface area contributed by atoms with Crippen molar-refractivity contribution in [2.24, 2.45) is 11.8 Å². The minimum Gasteiger partial charge on any atom is -0.497 e. The number of hydrogen-bond donors (Lipinski definition) is 3. The molecule has 184 valence electrons. The van der Waals surface area contributed by atoms with Crippen LogP contribution in [-0.4, -0.2) is 52.8 Å². The molecular formula is C27H40O6. The molecule has 1 aromatic carbocycles. The van der Waals surface area contributed by atoms with Gasteiger partial charge in [-0.2, -0.15) is 0 Å². The maximum Gasteiger partial charge on any atom is 0.306 e. The minimum atomic E-state index is -0.616. The number of ether oxygens (including phenoxy) is 2. The lowest BCUT2D eigenvalue weighted by Gasteiger charge is -2.19. The summed E-state index contributed by atoms with van der Waals surface area (Å²) >= 11 is 0. The van der Waals surface area contributed by atoms with Gasteiger partial charge in [0.2, 0.25) is 0 Å². The molecule has 0 aromatic heterocycles. The van der Waals surface area contributed by atoms with Crippen molar-refractivity contribution in [3.05, 3.63) is 54.1 Å². The lowest BCUT2D eigenvalue weighted by Crippen LogP contribution is -2.20. The first-order chi connectivity index (χ1) is 15.8. The number of rotatable bonds is 13. The zero-order valence-electron chi connectivity index (χ0n) is 20.1. The van der Waals surface area contributed by atoms with E-state index in [0.29, 0.717) is 25.7 Å². The fraction of sp³-hybridized carbons (Fsp3) is 0.593. The first-order valence-electron chi connectivity index (χ1n) is 12.0. The van der Waals surface area contributed by atoms with Crippen LogP contribution in [-0.2, 0) is 16.0 Å². The van der Waals surface area contributed by atoms with E-state index in [0.717, 1.165) is 30.6 Å². The van der Waals surface area contributed by atoms with Crippen molar-refractivity contribution in [2.45, 2.75) is 83.2 Å². The highest BCUT2D eigenvalue weighted by atomic mass is 16.5. The van der Waals surface area contributed by atoms with Gasteiger partial charge in [-0.15, -0.1) is 0 Å². The number of aryl methyl sites for hydroxylation is 1. The summed E-state index contributed by atoms with van der Waals surface area (Å²) in [6.45, 7) is 3.67. The van der Waals surface area contributed by atoms with E-state index < -0.39 is 18.3 Å². The van der Waals surface area contributed by atoms with Crippen molar-refractivity contribution in [3.8, 4) is 5.75 Å². The van der Waals surface area contributed by atoms with Crippen molar-refractivity contribution in [1.29, 1.82) is 0 Å². The molecule has 6 heteroatoms. The third-order valence-corrected chi connectivity index (χ3v) is 6.05. The average Bonchev–Trinajstić information content (AvgIpc) is 3.05. The molecule has 1 aliphatic rings. The Bertz CT molecular complexity index is 754. The van der Waals surface area contributed by atoms with E-state index in [1.807, 2.05) is 56.3 Å². The van der Waals surface area contributed by atoms with Gasteiger partial charge in [-0.05, 0) is 69.6 Å². The molecule has 1 fully saturated rings. The Balaban J connectivity index is 1.78. The molecule has 0 heterocycles. The Labute approximate surface area is 197 Å². The summed E-state index contributed by atoms with van der Waals surface area (Å²) in [5.74, 6) is 0.346. The van der Waals surface area contributed by atoms with Gasteiger partial charge in [0, 0.05) is 18.8 Å². The lowest BCUT2D eigenvalue weighted by molar-refractivity contribution is -0.147. The van der Waals surface area contributed by atoms with Crippen LogP contribution in [0, 0.1) is 11.8 Å². The number of hydrogen-bond acceptors (Lipinski definition) is 6. The monoisotopic (exact) mass is 460 g/mol. The fourth-order valence-electron chi connectivity index (χ4n) is 4.22. The van der Waals surface area contributed by atoms with Crippen molar-refractivity contribution in [3.63, 3.8) is 0 Å². The molecule has 0 amide bonds. The smallest absolute Gasteiger partial charge is 0.306 e. The SMILES string of the molecule is COc1ccc(CCC(O)C=C[C@H]2C(O)CC(O)[C@@H]2CC=CCCCC(=O)OC(C)C)cc1. The molecule has 5 atom stereocenters. The van der Waals surface area contributed by atoms with Gasteiger partial charge in [0.1, 0.15) is 5.75 Å². The van der Waals surface area contributed by atoms with Crippen LogP contribution >= 0.6 is 0 Å². The first kappa shape index (κ1) is 27.1. The van der Waals surface area contributed by atoms with Gasteiger partial charge in [-0.3, -0.25) is 4.79 Å². The van der Waals surface area contributed by atoms with Crippen LogP contribution in [0.2, 0.25) is 0 Å². The fourth-order valence-corrected chi connectivity index (χ4v) is 4.22. The van der Waals surface area contributed by atoms with Crippen LogP contribution in [0.1, 0.15) is 57.9 Å². The van der Waals surface area contributed by atoms with E-state index in [-0.39, 0.29) is 23.9 Å². The maximum atomic E-state index is 11.6. The summed E-state index contributed by atoms with van der Waals surface area (Å²) in [4.78, 5) is 11.6. The average molecular weight is 461 g/mol. The summed E-state index contributed by atoms with van der Waals surface area (Å²) in [5.41, 5.74) is 1.13. The van der Waals surface area contributed by atoms with Gasteiger partial charge >= 0.3 is 5.97 Å². The molecule has 2 rings (SSSR count). The predicted molar refractivity (Wildman–Crippen MR) is 129 cm³/mol. The van der Waals surface area contributed by atoms with Crippen LogP contribution in [0.4, 0.5) is 0 Å². The molecule has 0 aliphatic heterocycles. The molecule has 1 aliphatic carbocycles. The van der Waals surface area contributed by atoms with Gasteiger partial charge < -0.3 is 24.8 Å². The number of carbonyl (C=O) groups is 1. The molecule has 6 nitrogen and oxygen atoms in total. The second-order valence-electron chi connectivity index (χ2n) is 9.09. The van der Waals surface area contributed by atoms with E-state index in [1.54, 1.807) is 13.2 Å². The summed E-state index contributed by atoms with van der Waals surface area (Å²) in [6, 6.07) is 7.79. The molecule has 0 radical (unpaired) electrons. The number of benzene rings is 1. The normalized spacial score (nSPS) is 24.1. The van der Waals surface area contributed by atoms with Crippen molar-refractivity contribution >= 4 is 5.97 Å². The molecule has 3 N–H and O–H groups in total. The van der Waals surface area contributed by atoms with E-state index in [9.17, 15) is 20.1 Å². The van der Waals surface area contributed by atoms with Crippen LogP contribution in [0.25, 0.3) is 0 Å². The third kappa shape index (κ3) is 9.70. The number of aliphatic hydroxyl groups excluding tert-OH is 3. The van der Waals surface area contributed by atoms with E-state index in [4.69, 9.17) is 9.47 Å². The summed E-state index contributed by atoms with van der Waals surface area (Å²) in [7, 11) is 1.63. The summed E-state index contributed by atoms with van der Waals surface area (Å²) < 4.78 is 10.3. The zero-order valence-corrected chi connectivity index (χ0v) is 20.1. The third-order valence-electron chi connectivity index (χ3n) is 6.05. The summed E-state index contributed by atoms with van der Waals surface area (Å²) in [6.07, 6.45) is 9.94. The highest BCUT2D eigenvalue weighted by Gasteiger charge is 2.39. The Kier molecular flexibility index (Phi) is 11.6. The predicted octanol–water partition coefficient (Wildman–Crippen LogP) is 3.97. The largest absolute Gasteiger partial charge is 0.497 e. The Morgan fingerprint density at radius 1 is 1.15 bits per heavy atom. The molecule has 0 bridgehead atoms. The number of aliphatic hydroxyl groups is 3. The number of esters is 1. The zero-order chi connectivity index (χ0) is 24.2. The standard InChI is InChI=1S/C27H40O6/c1-19(2)33-27(31)9-7-5-4-6-8-23-24(26(30)18-25(23)29)17-14-21(28)13-10-20-11-15-22(32-3)16-12-20/h4,6,11-12,14-17,19,21,23-26,28-30H,5,7-10,13,18H2,1-3H3/t21?,23-,24-,25?,26?/m1/s1. The van der Waals surface area contributed by atoms with E-state index >= 15 is 0 Å². The van der Waals surface area contributed by atoms with Crippen molar-refractivity contribution in [1.82, 2.24) is 0 Å². The molecule has 1 aromatic rings. The second kappa shape index (κ2) is 14.2. The molecule has 0 spiro atoms. The van der Waals surface area contributed by atoms with Gasteiger partial charge in [-0.1, -0.05) is 36.4 Å². The van der Waals surface area contributed by atoms with Gasteiger partial charge in [0.15, 0.2) is 0 Å². The first-order valence-corrected chi connectivity index (χ1v) is 12.0. The van der Waals surface area contributed by atoms with Gasteiger partial charge in [0.25, 0.3) is 0 Å². The quantitative estimate of drug-likeness (QED) is 0.234. The highest BCUT2D eigenvalue weighted by Crippen LogP contribution is 2.36. The Morgan fingerprint density at radius 2 is 1.88 bits per heavy atom. The lowest BCUT2D eigenvalue weighted by atomic mass is 9.89. The molecule has 33 heavy (non-hydrogen) atoms. The van der Waals surface area contributed by atoms with E-state index in [2.05, 4.69) is 0 Å². The van der Waals surface area contributed by atoms with Crippen LogP contribution in [0.15, 0.2) is 48.6 Å². The topological polar surface area (TPSA) is 96.2 Å². The number of methoxy groups -OCH3 is 1. The van der Waals surface area contributed by atoms with Crippen molar-refractivity contribution in [2.75, 3.05) is 7.11 Å². The van der Waals surface area contributed by atoms with Gasteiger partial charge in [0.05, 0.1) is 31.5 Å². The van der Waals surface area contributed by atoms with Crippen LogP contribution in [0.5, 0.6) is 5.75 Å². The summed E-state index contributed by atoms with van der Waals surface area (Å²) in [5, 5.41) is 31.2. The Morgan fingerprint density at radius 3 is 2.55 bits per heavy atom. The molecule has 3 unspecified atom stereocenters. The Hall–Kier alpha value is -2.15.